The maximum absolute atomic E-state index is 12.1. The Kier molecular flexibility index (Phi) is 5.51. The Hall–Kier alpha value is -2.90. The van der Waals surface area contributed by atoms with Gasteiger partial charge >= 0.3 is 5.97 Å². The lowest BCUT2D eigenvalue weighted by Gasteiger charge is -2.20. The van der Waals surface area contributed by atoms with Gasteiger partial charge in [0.25, 0.3) is 5.56 Å². The van der Waals surface area contributed by atoms with Gasteiger partial charge in [-0.3, -0.25) is 9.59 Å². The summed E-state index contributed by atoms with van der Waals surface area (Å²) in [6.07, 6.45) is 2.08. The highest BCUT2D eigenvalue weighted by Crippen LogP contribution is 2.15. The third-order valence-corrected chi connectivity index (χ3v) is 3.73. The van der Waals surface area contributed by atoms with Crippen molar-refractivity contribution in [1.82, 2.24) is 15.1 Å². The van der Waals surface area contributed by atoms with Crippen LogP contribution in [0.5, 0.6) is 0 Å². The molecular weight excluding hydrogens is 314 g/mol. The zero-order valence-electron chi connectivity index (χ0n) is 13.4. The normalized spacial score (nSPS) is 13.2. The number of carboxylic acids is 1. The first-order valence-electron chi connectivity index (χ1n) is 7.56. The Morgan fingerprint density at radius 2 is 2.12 bits per heavy atom. The molecule has 2 rings (SSSR count). The van der Waals surface area contributed by atoms with Crippen molar-refractivity contribution in [2.75, 3.05) is 0 Å². The van der Waals surface area contributed by atoms with Crippen LogP contribution in [-0.2, 0) is 16.1 Å². The number of carbonyl (C=O) groups excluding carboxylic acids is 1. The molecule has 8 nitrogen and oxygen atoms in total. The minimum Gasteiger partial charge on any atom is -0.480 e. The van der Waals surface area contributed by atoms with E-state index in [1.165, 1.54) is 18.4 Å². The summed E-state index contributed by atoms with van der Waals surface area (Å²) < 4.78 is 6.18. The number of rotatable bonds is 7. The Morgan fingerprint density at radius 1 is 1.38 bits per heavy atom. The van der Waals surface area contributed by atoms with Gasteiger partial charge < -0.3 is 14.8 Å². The molecule has 0 aliphatic carbocycles. The zero-order valence-corrected chi connectivity index (χ0v) is 13.4. The lowest BCUT2D eigenvalue weighted by molar-refractivity contribution is -0.143. The molecule has 2 heterocycles. The van der Waals surface area contributed by atoms with E-state index in [-0.39, 0.29) is 12.5 Å². The van der Waals surface area contributed by atoms with E-state index in [2.05, 4.69) is 10.4 Å². The third-order valence-electron chi connectivity index (χ3n) is 3.73. The van der Waals surface area contributed by atoms with Crippen LogP contribution in [-0.4, -0.2) is 32.8 Å². The first-order valence-corrected chi connectivity index (χ1v) is 7.56. The highest BCUT2D eigenvalue weighted by Gasteiger charge is 2.25. The summed E-state index contributed by atoms with van der Waals surface area (Å²) in [5.74, 6) is -1.46. The molecule has 0 aliphatic heterocycles. The number of amides is 1. The van der Waals surface area contributed by atoms with Gasteiger partial charge in [-0.15, -0.1) is 0 Å². The number of nitrogens with one attached hydrogen (secondary N) is 1. The van der Waals surface area contributed by atoms with Gasteiger partial charge in [-0.25, -0.2) is 9.48 Å². The van der Waals surface area contributed by atoms with Gasteiger partial charge in [-0.1, -0.05) is 20.3 Å². The van der Waals surface area contributed by atoms with Gasteiger partial charge in [0.05, 0.1) is 6.26 Å². The molecule has 0 bridgehead atoms. The predicted octanol–water partition coefficient (Wildman–Crippen LogP) is 1.12. The van der Waals surface area contributed by atoms with Crippen molar-refractivity contribution in [3.8, 4) is 11.5 Å². The van der Waals surface area contributed by atoms with Crippen molar-refractivity contribution in [3.63, 3.8) is 0 Å². The van der Waals surface area contributed by atoms with Crippen molar-refractivity contribution in [2.24, 2.45) is 5.92 Å². The minimum atomic E-state index is -1.11. The first kappa shape index (κ1) is 17.5. The average Bonchev–Trinajstić information content (AvgIpc) is 3.08. The molecule has 128 valence electrons. The van der Waals surface area contributed by atoms with E-state index in [0.29, 0.717) is 17.9 Å². The molecule has 0 aliphatic rings. The predicted molar refractivity (Wildman–Crippen MR) is 85.2 cm³/mol. The second kappa shape index (κ2) is 7.58. The molecular formula is C16H19N3O5. The maximum Gasteiger partial charge on any atom is 0.326 e. The summed E-state index contributed by atoms with van der Waals surface area (Å²) in [6, 6.07) is 5.13. The number of furan rings is 1. The van der Waals surface area contributed by atoms with Crippen LogP contribution in [0.2, 0.25) is 0 Å². The van der Waals surface area contributed by atoms with E-state index in [1.807, 2.05) is 6.92 Å². The molecule has 2 N–H and O–H groups in total. The quantitative estimate of drug-likeness (QED) is 0.784. The minimum absolute atomic E-state index is 0.231. The summed E-state index contributed by atoms with van der Waals surface area (Å²) in [4.78, 5) is 35.2. The average molecular weight is 333 g/mol. The van der Waals surface area contributed by atoms with Crippen molar-refractivity contribution in [2.45, 2.75) is 32.9 Å². The highest BCUT2D eigenvalue weighted by molar-refractivity contribution is 5.83. The monoisotopic (exact) mass is 333 g/mol. The van der Waals surface area contributed by atoms with Crippen LogP contribution in [0.3, 0.4) is 0 Å². The molecule has 1 amide bonds. The van der Waals surface area contributed by atoms with E-state index in [4.69, 9.17) is 4.42 Å². The van der Waals surface area contributed by atoms with Crippen LogP contribution < -0.4 is 10.9 Å². The topological polar surface area (TPSA) is 114 Å². The Balaban J connectivity index is 2.15. The second-order valence-corrected chi connectivity index (χ2v) is 5.46. The zero-order chi connectivity index (χ0) is 17.7. The molecule has 8 heteroatoms. The first-order chi connectivity index (χ1) is 11.4. The van der Waals surface area contributed by atoms with E-state index in [0.717, 1.165) is 4.68 Å². The lowest BCUT2D eigenvalue weighted by atomic mass is 9.99. The van der Waals surface area contributed by atoms with Crippen LogP contribution in [0.4, 0.5) is 0 Å². The number of hydrogen-bond donors (Lipinski definition) is 2. The molecule has 2 aromatic rings. The van der Waals surface area contributed by atoms with Crippen molar-refractivity contribution < 1.29 is 19.1 Å². The van der Waals surface area contributed by atoms with Crippen molar-refractivity contribution in [3.05, 3.63) is 40.9 Å². The Labute approximate surface area is 138 Å². The molecule has 0 saturated heterocycles. The summed E-state index contributed by atoms with van der Waals surface area (Å²) in [5.41, 5.74) is -0.0556. The van der Waals surface area contributed by atoms with Gasteiger partial charge in [0.2, 0.25) is 5.91 Å². The molecule has 2 atom stereocenters. The fraction of sp³-hybridized carbons (Fsp3) is 0.375. The van der Waals surface area contributed by atoms with E-state index in [9.17, 15) is 19.5 Å². The SMILES string of the molecule is CC[C@H](C)[C@@H](NC(=O)Cn1nc(-c2ccco2)ccc1=O)C(=O)O. The summed E-state index contributed by atoms with van der Waals surface area (Å²) >= 11 is 0. The standard InChI is InChI=1S/C16H19N3O5/c1-3-10(2)15(16(22)23)17-13(20)9-19-14(21)7-6-11(18-19)12-5-4-8-24-12/h4-8,10,15H,3,9H2,1-2H3,(H,17,20)(H,22,23)/t10-,15+/m0/s1. The number of hydrogen-bond acceptors (Lipinski definition) is 5. The van der Waals surface area contributed by atoms with Gasteiger partial charge in [-0.05, 0) is 24.1 Å². The fourth-order valence-electron chi connectivity index (χ4n) is 2.16. The van der Waals surface area contributed by atoms with Gasteiger partial charge in [-0.2, -0.15) is 5.10 Å². The Morgan fingerprint density at radius 3 is 2.71 bits per heavy atom. The number of carbonyl (C=O) groups is 2. The largest absolute Gasteiger partial charge is 0.480 e. The molecule has 24 heavy (non-hydrogen) atoms. The summed E-state index contributed by atoms with van der Waals surface area (Å²) in [7, 11) is 0. The molecule has 0 aromatic carbocycles. The molecule has 0 fully saturated rings. The van der Waals surface area contributed by atoms with Crippen LogP contribution in [0.25, 0.3) is 11.5 Å². The molecule has 0 spiro atoms. The van der Waals surface area contributed by atoms with Gasteiger partial charge in [0.15, 0.2) is 5.76 Å². The van der Waals surface area contributed by atoms with Crippen molar-refractivity contribution >= 4 is 11.9 Å². The van der Waals surface area contributed by atoms with Crippen molar-refractivity contribution in [1.29, 1.82) is 0 Å². The molecule has 0 saturated carbocycles. The molecule has 2 aromatic heterocycles. The van der Waals surface area contributed by atoms with Crippen LogP contribution in [0.15, 0.2) is 39.7 Å². The van der Waals surface area contributed by atoms with E-state index in [1.54, 1.807) is 19.1 Å². The second-order valence-electron chi connectivity index (χ2n) is 5.46. The smallest absolute Gasteiger partial charge is 0.326 e. The molecule has 0 unspecified atom stereocenters. The Bertz CT molecular complexity index is 766. The third kappa shape index (κ3) is 4.09. The van der Waals surface area contributed by atoms with Crippen LogP contribution >= 0.6 is 0 Å². The number of aromatic nitrogens is 2. The van der Waals surface area contributed by atoms with Crippen LogP contribution in [0, 0.1) is 5.92 Å². The maximum atomic E-state index is 12.1. The number of carboxylic acid groups (broad SMARTS) is 1. The van der Waals surface area contributed by atoms with E-state index < -0.39 is 23.5 Å². The van der Waals surface area contributed by atoms with Crippen LogP contribution in [0.1, 0.15) is 20.3 Å². The van der Waals surface area contributed by atoms with Gasteiger partial charge in [0, 0.05) is 6.07 Å². The summed E-state index contributed by atoms with van der Waals surface area (Å²) in [6.45, 7) is 3.21. The summed E-state index contributed by atoms with van der Waals surface area (Å²) in [5, 5.41) is 15.7. The lowest BCUT2D eigenvalue weighted by Crippen LogP contribution is -2.47. The molecule has 0 radical (unpaired) electrons. The number of aliphatic carboxylic acids is 1. The number of nitrogens with zero attached hydrogens (tertiary/aromatic N) is 2. The highest BCUT2D eigenvalue weighted by atomic mass is 16.4. The fourth-order valence-corrected chi connectivity index (χ4v) is 2.16. The van der Waals surface area contributed by atoms with E-state index >= 15 is 0 Å². The van der Waals surface area contributed by atoms with Gasteiger partial charge in [0.1, 0.15) is 18.3 Å².